The lowest BCUT2D eigenvalue weighted by molar-refractivity contribution is -0.115. The number of aromatic nitrogens is 2. The summed E-state index contributed by atoms with van der Waals surface area (Å²) >= 11 is 1.33. The molecule has 0 spiro atoms. The molecule has 0 bridgehead atoms. The van der Waals surface area contributed by atoms with Gasteiger partial charge in [-0.05, 0) is 36.4 Å². The molecule has 4 rings (SSSR count). The molecule has 0 aliphatic carbocycles. The van der Waals surface area contributed by atoms with Crippen molar-refractivity contribution in [3.8, 4) is 10.6 Å². The lowest BCUT2D eigenvalue weighted by atomic mass is 10.2. The van der Waals surface area contributed by atoms with E-state index >= 15 is 0 Å². The Bertz CT molecular complexity index is 1050. The number of hydrogen-bond donors (Lipinski definition) is 2. The van der Waals surface area contributed by atoms with E-state index in [1.165, 1.54) is 17.4 Å². The summed E-state index contributed by atoms with van der Waals surface area (Å²) < 4.78 is 13.8. The third kappa shape index (κ3) is 3.29. The number of nitrogens with one attached hydrogen (secondary N) is 2. The Morgan fingerprint density at radius 1 is 1.20 bits per heavy atom. The summed E-state index contributed by atoms with van der Waals surface area (Å²) in [5, 5.41) is 6.27. The number of thiazole rings is 1. The maximum atomic E-state index is 13.8. The van der Waals surface area contributed by atoms with Crippen LogP contribution in [0.4, 0.5) is 10.1 Å². The maximum absolute atomic E-state index is 13.8. The van der Waals surface area contributed by atoms with Crippen LogP contribution in [0.1, 0.15) is 5.69 Å². The van der Waals surface area contributed by atoms with Gasteiger partial charge in [0.15, 0.2) is 0 Å². The second-order valence-electron chi connectivity index (χ2n) is 5.63. The molecule has 25 heavy (non-hydrogen) atoms. The minimum atomic E-state index is -0.312. The molecule has 2 N–H and O–H groups in total. The Hall–Kier alpha value is -2.99. The Morgan fingerprint density at radius 3 is 2.96 bits per heavy atom. The van der Waals surface area contributed by atoms with Gasteiger partial charge in [-0.25, -0.2) is 9.37 Å². The lowest BCUT2D eigenvalue weighted by Gasteiger charge is -2.04. The number of fused-ring (bicyclic) bond motifs is 1. The van der Waals surface area contributed by atoms with E-state index in [1.54, 1.807) is 23.6 Å². The minimum Gasteiger partial charge on any atom is -0.361 e. The van der Waals surface area contributed by atoms with E-state index < -0.39 is 0 Å². The van der Waals surface area contributed by atoms with Crippen LogP contribution >= 0.6 is 11.3 Å². The predicted octanol–water partition coefficient (Wildman–Crippen LogP) is 4.61. The Balaban J connectivity index is 1.47. The van der Waals surface area contributed by atoms with Crippen molar-refractivity contribution in [1.82, 2.24) is 9.97 Å². The molecular weight excluding hydrogens is 337 g/mol. The zero-order valence-electron chi connectivity index (χ0n) is 13.1. The van der Waals surface area contributed by atoms with Gasteiger partial charge in [0.05, 0.1) is 12.1 Å². The first kappa shape index (κ1) is 15.5. The molecule has 1 amide bonds. The number of hydrogen-bond acceptors (Lipinski definition) is 3. The number of nitrogens with zero attached hydrogens (tertiary/aromatic N) is 1. The molecule has 2 heterocycles. The quantitative estimate of drug-likeness (QED) is 0.564. The molecule has 0 aliphatic rings. The van der Waals surface area contributed by atoms with Crippen LogP contribution in [0.5, 0.6) is 0 Å². The van der Waals surface area contributed by atoms with Gasteiger partial charge in [0.25, 0.3) is 0 Å². The van der Waals surface area contributed by atoms with E-state index in [0.717, 1.165) is 16.6 Å². The highest BCUT2D eigenvalue weighted by molar-refractivity contribution is 7.13. The molecule has 0 fully saturated rings. The van der Waals surface area contributed by atoms with Crippen molar-refractivity contribution in [2.45, 2.75) is 6.42 Å². The molecule has 0 saturated carbocycles. The van der Waals surface area contributed by atoms with Gasteiger partial charge in [-0.3, -0.25) is 4.79 Å². The highest BCUT2D eigenvalue weighted by Gasteiger charge is 2.12. The zero-order chi connectivity index (χ0) is 17.2. The predicted molar refractivity (Wildman–Crippen MR) is 98.1 cm³/mol. The van der Waals surface area contributed by atoms with Crippen molar-refractivity contribution in [2.24, 2.45) is 0 Å². The number of rotatable bonds is 4. The maximum Gasteiger partial charge on any atom is 0.230 e. The standard InChI is InChI=1S/C19H14FN3OS/c20-16-4-2-1-3-15(16)19-23-14(11-25-19)10-18(24)22-13-5-6-17-12(9-13)7-8-21-17/h1-9,11,21H,10H2,(H,22,24). The lowest BCUT2D eigenvalue weighted by Crippen LogP contribution is -2.14. The number of anilines is 1. The summed E-state index contributed by atoms with van der Waals surface area (Å²) in [7, 11) is 0. The van der Waals surface area contributed by atoms with Gasteiger partial charge in [0.1, 0.15) is 10.8 Å². The van der Waals surface area contributed by atoms with E-state index in [2.05, 4.69) is 15.3 Å². The molecule has 0 atom stereocenters. The Morgan fingerprint density at radius 2 is 2.08 bits per heavy atom. The number of benzene rings is 2. The largest absolute Gasteiger partial charge is 0.361 e. The van der Waals surface area contributed by atoms with Crippen molar-refractivity contribution in [3.63, 3.8) is 0 Å². The van der Waals surface area contributed by atoms with Crippen molar-refractivity contribution in [2.75, 3.05) is 5.32 Å². The van der Waals surface area contributed by atoms with Crippen LogP contribution in [0.25, 0.3) is 21.5 Å². The van der Waals surface area contributed by atoms with Gasteiger partial charge in [0, 0.05) is 33.7 Å². The van der Waals surface area contributed by atoms with Crippen LogP contribution < -0.4 is 5.32 Å². The number of halogens is 1. The van der Waals surface area contributed by atoms with E-state index in [1.807, 2.05) is 30.5 Å². The molecule has 4 aromatic rings. The normalized spacial score (nSPS) is 10.9. The summed E-state index contributed by atoms with van der Waals surface area (Å²) in [5.74, 6) is -0.465. The van der Waals surface area contributed by atoms with Crippen LogP contribution in [0, 0.1) is 5.82 Å². The van der Waals surface area contributed by atoms with Crippen LogP contribution in [0.2, 0.25) is 0 Å². The number of aromatic amines is 1. The Kier molecular flexibility index (Phi) is 4.03. The van der Waals surface area contributed by atoms with Crippen LogP contribution in [0.15, 0.2) is 60.1 Å². The first-order valence-corrected chi connectivity index (χ1v) is 8.63. The highest BCUT2D eigenvalue weighted by atomic mass is 32.1. The molecule has 0 radical (unpaired) electrons. The van der Waals surface area contributed by atoms with Gasteiger partial charge in [-0.15, -0.1) is 11.3 Å². The topological polar surface area (TPSA) is 57.8 Å². The first-order valence-electron chi connectivity index (χ1n) is 7.75. The summed E-state index contributed by atoms with van der Waals surface area (Å²) in [5.41, 5.74) is 2.84. The molecule has 0 unspecified atom stereocenters. The number of H-pyrrole nitrogens is 1. The van der Waals surface area contributed by atoms with Crippen LogP contribution in [0.3, 0.4) is 0 Å². The Labute approximate surface area is 147 Å². The van der Waals surface area contributed by atoms with Crippen molar-refractivity contribution in [3.05, 3.63) is 71.6 Å². The number of carbonyl (C=O) groups is 1. The molecule has 2 aromatic heterocycles. The average molecular weight is 351 g/mol. The summed E-state index contributed by atoms with van der Waals surface area (Å²) in [6, 6.07) is 14.1. The molecule has 0 saturated heterocycles. The summed E-state index contributed by atoms with van der Waals surface area (Å²) in [4.78, 5) is 19.7. The van der Waals surface area contributed by atoms with Crippen molar-refractivity contribution >= 4 is 33.8 Å². The van der Waals surface area contributed by atoms with Gasteiger partial charge in [0.2, 0.25) is 5.91 Å². The summed E-state index contributed by atoms with van der Waals surface area (Å²) in [6.07, 6.45) is 2.01. The SMILES string of the molecule is O=C(Cc1csc(-c2ccccc2F)n1)Nc1ccc2[nH]ccc2c1. The van der Waals surface area contributed by atoms with Gasteiger partial charge < -0.3 is 10.3 Å². The van der Waals surface area contributed by atoms with Crippen LogP contribution in [-0.4, -0.2) is 15.9 Å². The zero-order valence-corrected chi connectivity index (χ0v) is 13.9. The fourth-order valence-corrected chi connectivity index (χ4v) is 3.49. The smallest absolute Gasteiger partial charge is 0.230 e. The second kappa shape index (κ2) is 6.49. The molecule has 4 nitrogen and oxygen atoms in total. The third-order valence-corrected chi connectivity index (χ3v) is 4.76. The van der Waals surface area contributed by atoms with E-state index in [0.29, 0.717) is 16.3 Å². The summed E-state index contributed by atoms with van der Waals surface area (Å²) in [6.45, 7) is 0. The van der Waals surface area contributed by atoms with Crippen molar-refractivity contribution < 1.29 is 9.18 Å². The number of carbonyl (C=O) groups excluding carboxylic acids is 1. The molecule has 6 heteroatoms. The van der Waals surface area contributed by atoms with Gasteiger partial charge >= 0.3 is 0 Å². The minimum absolute atomic E-state index is 0.149. The molecule has 124 valence electrons. The molecular formula is C19H14FN3OS. The van der Waals surface area contributed by atoms with E-state index in [9.17, 15) is 9.18 Å². The average Bonchev–Trinajstić information content (AvgIpc) is 3.24. The van der Waals surface area contributed by atoms with Gasteiger partial charge in [-0.2, -0.15) is 0 Å². The molecule has 2 aromatic carbocycles. The monoisotopic (exact) mass is 351 g/mol. The van der Waals surface area contributed by atoms with E-state index in [-0.39, 0.29) is 18.1 Å². The highest BCUT2D eigenvalue weighted by Crippen LogP contribution is 2.26. The fraction of sp³-hybridized carbons (Fsp3) is 0.0526. The van der Waals surface area contributed by atoms with Crippen molar-refractivity contribution in [1.29, 1.82) is 0 Å². The number of amides is 1. The molecule has 0 aliphatic heterocycles. The third-order valence-electron chi connectivity index (χ3n) is 3.83. The van der Waals surface area contributed by atoms with Crippen LogP contribution in [-0.2, 0) is 11.2 Å². The van der Waals surface area contributed by atoms with E-state index in [4.69, 9.17) is 0 Å². The van der Waals surface area contributed by atoms with Gasteiger partial charge in [-0.1, -0.05) is 12.1 Å². The fourth-order valence-electron chi connectivity index (χ4n) is 2.65. The second-order valence-corrected chi connectivity index (χ2v) is 6.49. The first-order chi connectivity index (χ1) is 12.2.